The number of para-hydroxylation sites is 1. The average molecular weight is 377 g/mol. The van der Waals surface area contributed by atoms with Crippen molar-refractivity contribution in [2.24, 2.45) is 5.10 Å². The van der Waals surface area contributed by atoms with Crippen molar-refractivity contribution in [3.63, 3.8) is 0 Å². The van der Waals surface area contributed by atoms with E-state index in [4.69, 9.17) is 0 Å². The molecule has 0 radical (unpaired) electrons. The first-order valence-electron chi connectivity index (χ1n) is 8.62. The summed E-state index contributed by atoms with van der Waals surface area (Å²) >= 11 is 0. The highest BCUT2D eigenvalue weighted by molar-refractivity contribution is 5.85. The summed E-state index contributed by atoms with van der Waals surface area (Å²) in [5.74, 6) is -0.309. The molecule has 1 N–H and O–H groups in total. The number of hydrogen-bond donors (Lipinski definition) is 1. The Balaban J connectivity index is 1.65. The van der Waals surface area contributed by atoms with Crippen molar-refractivity contribution in [2.45, 2.75) is 20.3 Å². The third-order valence-electron chi connectivity index (χ3n) is 4.24. The number of carbonyl (C=O) groups excluding carboxylic acids is 1. The van der Waals surface area contributed by atoms with Gasteiger partial charge in [-0.05, 0) is 31.5 Å². The van der Waals surface area contributed by atoms with Crippen molar-refractivity contribution >= 4 is 17.8 Å². The van der Waals surface area contributed by atoms with Gasteiger partial charge < -0.3 is 0 Å². The molecule has 3 aromatic rings. The number of nitro benzene ring substituents is 1. The van der Waals surface area contributed by atoms with Crippen molar-refractivity contribution < 1.29 is 9.72 Å². The molecule has 0 saturated heterocycles. The molecule has 0 bridgehead atoms. The highest BCUT2D eigenvalue weighted by Gasteiger charge is 2.11. The minimum absolute atomic E-state index is 0.0106. The summed E-state index contributed by atoms with van der Waals surface area (Å²) in [6, 6.07) is 15.6. The van der Waals surface area contributed by atoms with Crippen molar-refractivity contribution in [3.05, 3.63) is 87.2 Å². The van der Waals surface area contributed by atoms with Crippen LogP contribution in [0, 0.1) is 24.0 Å². The first kappa shape index (κ1) is 19.0. The zero-order valence-electron chi connectivity index (χ0n) is 15.5. The largest absolute Gasteiger partial charge is 0.273 e. The summed E-state index contributed by atoms with van der Waals surface area (Å²) in [5.41, 5.74) is 6.64. The fourth-order valence-corrected chi connectivity index (χ4v) is 2.79. The van der Waals surface area contributed by atoms with Crippen LogP contribution >= 0.6 is 0 Å². The van der Waals surface area contributed by atoms with E-state index in [1.54, 1.807) is 18.3 Å². The van der Waals surface area contributed by atoms with Crippen LogP contribution in [0.2, 0.25) is 0 Å². The average Bonchev–Trinajstić information content (AvgIpc) is 2.97. The van der Waals surface area contributed by atoms with E-state index < -0.39 is 4.92 Å². The molecule has 0 aliphatic heterocycles. The second-order valence-electron chi connectivity index (χ2n) is 6.23. The zero-order chi connectivity index (χ0) is 20.1. The monoisotopic (exact) mass is 377 g/mol. The lowest BCUT2D eigenvalue weighted by molar-refractivity contribution is -0.384. The van der Waals surface area contributed by atoms with Crippen molar-refractivity contribution in [1.29, 1.82) is 0 Å². The minimum Gasteiger partial charge on any atom is -0.273 e. The smallest absolute Gasteiger partial charge is 0.269 e. The van der Waals surface area contributed by atoms with Crippen LogP contribution in [0.4, 0.5) is 5.69 Å². The lowest BCUT2D eigenvalue weighted by Crippen LogP contribution is -2.19. The topological polar surface area (TPSA) is 102 Å². The predicted octanol–water partition coefficient (Wildman–Crippen LogP) is 3.09. The van der Waals surface area contributed by atoms with Gasteiger partial charge in [0.25, 0.3) is 5.69 Å². The number of benzene rings is 2. The van der Waals surface area contributed by atoms with E-state index >= 15 is 0 Å². The van der Waals surface area contributed by atoms with E-state index in [1.807, 2.05) is 48.9 Å². The third kappa shape index (κ3) is 4.29. The fraction of sp³-hybridized carbons (Fsp3) is 0.150. The van der Waals surface area contributed by atoms with Gasteiger partial charge in [0.2, 0.25) is 5.91 Å². The third-order valence-corrected chi connectivity index (χ3v) is 4.24. The molecule has 0 unspecified atom stereocenters. The number of hydrogen-bond acceptors (Lipinski definition) is 5. The van der Waals surface area contributed by atoms with Gasteiger partial charge in [0.05, 0.1) is 34.6 Å². The maximum Gasteiger partial charge on any atom is 0.269 e. The number of carbonyl (C=O) groups is 1. The number of nitrogens with one attached hydrogen (secondary N) is 1. The fourth-order valence-electron chi connectivity index (χ4n) is 2.79. The van der Waals surface area contributed by atoms with Crippen LogP contribution in [0.5, 0.6) is 0 Å². The molecule has 3 rings (SSSR count). The van der Waals surface area contributed by atoms with Crippen molar-refractivity contribution in [2.75, 3.05) is 0 Å². The van der Waals surface area contributed by atoms with E-state index in [0.717, 1.165) is 22.6 Å². The molecule has 1 heterocycles. The van der Waals surface area contributed by atoms with Gasteiger partial charge in [-0.1, -0.05) is 30.3 Å². The maximum absolute atomic E-state index is 12.0. The first-order chi connectivity index (χ1) is 13.5. The lowest BCUT2D eigenvalue weighted by atomic mass is 10.1. The van der Waals surface area contributed by atoms with Crippen molar-refractivity contribution in [1.82, 2.24) is 15.2 Å². The van der Waals surface area contributed by atoms with Gasteiger partial charge in [0.15, 0.2) is 0 Å². The molecule has 142 valence electrons. The van der Waals surface area contributed by atoms with E-state index in [9.17, 15) is 14.9 Å². The zero-order valence-corrected chi connectivity index (χ0v) is 15.5. The molecular formula is C20H19N5O3. The van der Waals surface area contributed by atoms with Crippen LogP contribution in [0.3, 0.4) is 0 Å². The Hall–Kier alpha value is -3.81. The first-order valence-corrected chi connectivity index (χ1v) is 8.62. The van der Waals surface area contributed by atoms with Gasteiger partial charge in [-0.2, -0.15) is 10.2 Å². The highest BCUT2D eigenvalue weighted by Crippen LogP contribution is 2.16. The Bertz CT molecular complexity index is 1020. The summed E-state index contributed by atoms with van der Waals surface area (Å²) < 4.78 is 1.83. The Labute approximate surface area is 161 Å². The minimum atomic E-state index is -0.478. The molecule has 2 aromatic carbocycles. The number of aryl methyl sites for hydroxylation is 1. The molecule has 1 aromatic heterocycles. The van der Waals surface area contributed by atoms with E-state index in [2.05, 4.69) is 15.6 Å². The van der Waals surface area contributed by atoms with E-state index in [0.29, 0.717) is 5.56 Å². The van der Waals surface area contributed by atoms with Gasteiger partial charge in [0, 0.05) is 17.7 Å². The number of non-ortho nitro benzene ring substituents is 1. The second kappa shape index (κ2) is 8.26. The molecule has 0 atom stereocenters. The summed E-state index contributed by atoms with van der Waals surface area (Å²) in [5, 5.41) is 19.2. The molecule has 0 saturated carbocycles. The molecule has 0 aliphatic rings. The van der Waals surface area contributed by atoms with Gasteiger partial charge >= 0.3 is 0 Å². The number of nitro groups is 1. The van der Waals surface area contributed by atoms with Gasteiger partial charge in [0.1, 0.15) is 0 Å². The van der Waals surface area contributed by atoms with Crippen LogP contribution in [-0.4, -0.2) is 26.8 Å². The Morgan fingerprint density at radius 2 is 1.86 bits per heavy atom. The molecule has 1 amide bonds. The number of amides is 1. The van der Waals surface area contributed by atoms with Crippen LogP contribution in [-0.2, 0) is 11.2 Å². The summed E-state index contributed by atoms with van der Waals surface area (Å²) in [4.78, 5) is 22.2. The molecule has 0 aliphatic carbocycles. The summed E-state index contributed by atoms with van der Waals surface area (Å²) in [6.07, 6.45) is 1.65. The predicted molar refractivity (Wildman–Crippen MR) is 106 cm³/mol. The molecule has 8 heteroatoms. The number of rotatable bonds is 6. The SMILES string of the molecule is Cc1nn(-c2ccccc2)c(C)c1/C=N/NC(=O)Cc1ccc([N+](=O)[O-])cc1. The molecular weight excluding hydrogens is 358 g/mol. The van der Waals surface area contributed by atoms with Crippen molar-refractivity contribution in [3.8, 4) is 5.69 Å². The number of nitrogens with zero attached hydrogens (tertiary/aromatic N) is 4. The van der Waals surface area contributed by atoms with Crippen LogP contribution in [0.1, 0.15) is 22.5 Å². The quantitative estimate of drug-likeness (QED) is 0.405. The van der Waals surface area contributed by atoms with Gasteiger partial charge in [-0.3, -0.25) is 14.9 Å². The highest BCUT2D eigenvalue weighted by atomic mass is 16.6. The molecule has 0 fully saturated rings. The standard InChI is InChI=1S/C20H19N5O3/c1-14-19(15(2)24(23-14)17-6-4-3-5-7-17)13-21-22-20(26)12-16-8-10-18(11-9-16)25(27)28/h3-11,13H,12H2,1-2H3,(H,22,26)/b21-13+. The molecule has 0 spiro atoms. The van der Waals surface area contributed by atoms with Gasteiger partial charge in [-0.25, -0.2) is 10.1 Å². The van der Waals surface area contributed by atoms with E-state index in [1.165, 1.54) is 12.1 Å². The normalized spacial score (nSPS) is 10.9. The molecule has 8 nitrogen and oxygen atoms in total. The molecule has 28 heavy (non-hydrogen) atoms. The lowest BCUT2D eigenvalue weighted by Gasteiger charge is -2.03. The Morgan fingerprint density at radius 3 is 2.50 bits per heavy atom. The Morgan fingerprint density at radius 1 is 1.18 bits per heavy atom. The van der Waals surface area contributed by atoms with Crippen LogP contribution in [0.15, 0.2) is 59.7 Å². The summed E-state index contributed by atoms with van der Waals surface area (Å²) in [7, 11) is 0. The second-order valence-corrected chi connectivity index (χ2v) is 6.23. The van der Waals surface area contributed by atoms with E-state index in [-0.39, 0.29) is 18.0 Å². The van der Waals surface area contributed by atoms with Gasteiger partial charge in [-0.15, -0.1) is 0 Å². The summed E-state index contributed by atoms with van der Waals surface area (Å²) in [6.45, 7) is 3.82. The van der Waals surface area contributed by atoms with Crippen LogP contribution < -0.4 is 5.43 Å². The Kier molecular flexibility index (Phi) is 5.59. The number of aromatic nitrogens is 2. The maximum atomic E-state index is 12.0. The van der Waals surface area contributed by atoms with Crippen LogP contribution in [0.25, 0.3) is 5.69 Å². The number of hydrazone groups is 1.